The highest BCUT2D eigenvalue weighted by Crippen LogP contribution is 2.50. The number of rotatable bonds is 18. The molecule has 0 amide bonds. The largest absolute Gasteiger partial charge is 0.150 e. The van der Waals surface area contributed by atoms with Gasteiger partial charge in [-0.05, 0) is 12.8 Å². The lowest BCUT2D eigenvalue weighted by Gasteiger charge is -2.12. The smallest absolute Gasteiger partial charge is 0.143 e. The van der Waals surface area contributed by atoms with E-state index >= 15 is 0 Å². The molecule has 0 aliphatic heterocycles. The van der Waals surface area contributed by atoms with E-state index < -0.39 is 0 Å². The van der Waals surface area contributed by atoms with Crippen molar-refractivity contribution in [3.63, 3.8) is 0 Å². The summed E-state index contributed by atoms with van der Waals surface area (Å²) < 4.78 is 0. The number of nitrogens with zero attached hydrogens (tertiary/aromatic N) is 4. The molecule has 0 radical (unpaired) electrons. The maximum atomic E-state index is 6.74. The van der Waals surface area contributed by atoms with Crippen LogP contribution >= 0.6 is 69.1 Å². The second-order valence-corrected chi connectivity index (χ2v) is 13.4. The summed E-state index contributed by atoms with van der Waals surface area (Å²) in [5, 5.41) is 21.9. The van der Waals surface area contributed by atoms with Crippen LogP contribution in [0, 0.1) is 0 Å². The highest BCUT2D eigenvalue weighted by atomic mass is 35.5. The predicted octanol–water partition coefficient (Wildman–Crippen LogP) is 11.9. The summed E-state index contributed by atoms with van der Waals surface area (Å²) in [5.41, 5.74) is 1.06. The Morgan fingerprint density at radius 1 is 0.447 bits per heavy atom. The van der Waals surface area contributed by atoms with Gasteiger partial charge < -0.3 is 0 Å². The molecular formula is C28H38Cl4N4S2. The summed E-state index contributed by atoms with van der Waals surface area (Å²) in [5.74, 6) is 0. The molecule has 0 spiro atoms. The summed E-state index contributed by atoms with van der Waals surface area (Å²) in [7, 11) is 0. The van der Waals surface area contributed by atoms with Crippen LogP contribution in [-0.2, 0) is 12.8 Å². The third-order valence-electron chi connectivity index (χ3n) is 6.61. The molecule has 0 aliphatic carbocycles. The van der Waals surface area contributed by atoms with E-state index in [1.54, 1.807) is 0 Å². The van der Waals surface area contributed by atoms with Crippen molar-refractivity contribution in [2.24, 2.45) is 0 Å². The normalized spacial score (nSPS) is 11.5. The van der Waals surface area contributed by atoms with Crippen molar-refractivity contribution >= 4 is 69.1 Å². The molecule has 0 saturated heterocycles. The Bertz CT molecular complexity index is 1020. The standard InChI is InChI=1S/C28H38Cl4N4S2/c1-3-5-7-9-11-13-15-17-19-33-35-27(37-19)21-23(29)25(31)22(26(32)24(21)30)28-36-34-20(38-28)18-16-14-12-10-8-6-4-2/h3-18H2,1-2H3. The molecule has 0 N–H and O–H groups in total. The van der Waals surface area contributed by atoms with E-state index in [4.69, 9.17) is 46.4 Å². The minimum absolute atomic E-state index is 0.318. The van der Waals surface area contributed by atoms with Crippen molar-refractivity contribution in [1.82, 2.24) is 20.4 Å². The van der Waals surface area contributed by atoms with Crippen LogP contribution in [0.4, 0.5) is 0 Å². The Morgan fingerprint density at radius 2 is 0.763 bits per heavy atom. The van der Waals surface area contributed by atoms with Crippen molar-refractivity contribution in [3.05, 3.63) is 30.1 Å². The van der Waals surface area contributed by atoms with Crippen molar-refractivity contribution in [2.45, 2.75) is 117 Å². The summed E-state index contributed by atoms with van der Waals surface area (Å²) in [6.45, 7) is 4.48. The van der Waals surface area contributed by atoms with Gasteiger partial charge in [0.2, 0.25) is 0 Å². The van der Waals surface area contributed by atoms with Gasteiger partial charge in [-0.15, -0.1) is 20.4 Å². The molecule has 210 valence electrons. The molecule has 0 unspecified atom stereocenters. The van der Waals surface area contributed by atoms with Crippen molar-refractivity contribution in [3.8, 4) is 21.1 Å². The van der Waals surface area contributed by atoms with E-state index in [2.05, 4.69) is 34.2 Å². The van der Waals surface area contributed by atoms with Crippen molar-refractivity contribution in [2.75, 3.05) is 0 Å². The van der Waals surface area contributed by atoms with Crippen LogP contribution in [0.2, 0.25) is 20.1 Å². The molecule has 38 heavy (non-hydrogen) atoms. The highest BCUT2D eigenvalue weighted by molar-refractivity contribution is 7.15. The number of hydrogen-bond acceptors (Lipinski definition) is 6. The van der Waals surface area contributed by atoms with Gasteiger partial charge >= 0.3 is 0 Å². The van der Waals surface area contributed by atoms with E-state index in [-0.39, 0.29) is 0 Å². The van der Waals surface area contributed by atoms with E-state index in [1.807, 2.05) is 0 Å². The lowest BCUT2D eigenvalue weighted by atomic mass is 10.1. The SMILES string of the molecule is CCCCCCCCCc1nnc(-c2c(Cl)c(Cl)c(-c3nnc(CCCCCCCCC)s3)c(Cl)c2Cl)s1. The average Bonchev–Trinajstić information content (AvgIpc) is 3.57. The number of hydrogen-bond donors (Lipinski definition) is 0. The van der Waals surface area contributed by atoms with Crippen LogP contribution in [0.25, 0.3) is 21.1 Å². The Balaban J connectivity index is 1.63. The molecule has 0 saturated carbocycles. The van der Waals surface area contributed by atoms with Crippen LogP contribution in [0.1, 0.15) is 114 Å². The molecule has 4 nitrogen and oxygen atoms in total. The zero-order chi connectivity index (χ0) is 27.3. The number of aromatic nitrogens is 4. The maximum Gasteiger partial charge on any atom is 0.150 e. The predicted molar refractivity (Wildman–Crippen MR) is 168 cm³/mol. The van der Waals surface area contributed by atoms with Crippen LogP contribution in [0.15, 0.2) is 0 Å². The third kappa shape index (κ3) is 9.27. The molecular weight excluding hydrogens is 598 g/mol. The second-order valence-electron chi connectivity index (χ2n) is 9.75. The quantitative estimate of drug-likeness (QED) is 0.103. The monoisotopic (exact) mass is 634 g/mol. The summed E-state index contributed by atoms with van der Waals surface area (Å²) >= 11 is 29.9. The Labute approximate surface area is 255 Å². The summed E-state index contributed by atoms with van der Waals surface area (Å²) in [6.07, 6.45) is 19.4. The molecule has 10 heteroatoms. The first-order valence-electron chi connectivity index (χ1n) is 14.0. The minimum atomic E-state index is 0.318. The van der Waals surface area contributed by atoms with E-state index in [9.17, 15) is 0 Å². The number of benzene rings is 1. The van der Waals surface area contributed by atoms with Crippen LogP contribution in [-0.4, -0.2) is 20.4 Å². The van der Waals surface area contributed by atoms with Crippen LogP contribution in [0.5, 0.6) is 0 Å². The zero-order valence-corrected chi connectivity index (χ0v) is 27.1. The fourth-order valence-corrected chi connectivity index (χ4v) is 7.70. The van der Waals surface area contributed by atoms with Gasteiger partial charge in [-0.2, -0.15) is 0 Å². The van der Waals surface area contributed by atoms with Crippen molar-refractivity contribution in [1.29, 1.82) is 0 Å². The van der Waals surface area contributed by atoms with E-state index in [0.29, 0.717) is 41.2 Å². The van der Waals surface area contributed by atoms with Gasteiger partial charge in [0.1, 0.15) is 10.0 Å². The molecule has 0 bridgehead atoms. The molecule has 2 heterocycles. The number of unbranched alkanes of at least 4 members (excludes halogenated alkanes) is 12. The third-order valence-corrected chi connectivity index (χ3v) is 10.3. The molecule has 0 atom stereocenters. The van der Waals surface area contributed by atoms with Gasteiger partial charge in [-0.3, -0.25) is 0 Å². The molecule has 0 aliphatic rings. The van der Waals surface area contributed by atoms with E-state index in [1.165, 1.54) is 99.7 Å². The van der Waals surface area contributed by atoms with Gasteiger partial charge in [-0.25, -0.2) is 0 Å². The maximum absolute atomic E-state index is 6.74. The topological polar surface area (TPSA) is 51.6 Å². The van der Waals surface area contributed by atoms with E-state index in [0.717, 1.165) is 35.7 Å². The summed E-state index contributed by atoms with van der Waals surface area (Å²) in [6, 6.07) is 0. The number of aryl methyl sites for hydroxylation is 2. The van der Waals surface area contributed by atoms with Crippen LogP contribution < -0.4 is 0 Å². The molecule has 0 fully saturated rings. The van der Waals surface area contributed by atoms with Gasteiger partial charge in [-0.1, -0.05) is 160 Å². The Morgan fingerprint density at radius 3 is 1.11 bits per heavy atom. The van der Waals surface area contributed by atoms with Gasteiger partial charge in [0.15, 0.2) is 10.0 Å². The highest BCUT2D eigenvalue weighted by Gasteiger charge is 2.26. The van der Waals surface area contributed by atoms with Crippen molar-refractivity contribution < 1.29 is 0 Å². The molecule has 2 aromatic heterocycles. The molecule has 3 rings (SSSR count). The molecule has 1 aromatic carbocycles. The lowest BCUT2D eigenvalue weighted by Crippen LogP contribution is -1.90. The number of halogens is 4. The first kappa shape index (κ1) is 32.0. The Hall–Kier alpha value is -0.500. The molecule has 3 aromatic rings. The van der Waals surface area contributed by atoms with Gasteiger partial charge in [0.25, 0.3) is 0 Å². The van der Waals surface area contributed by atoms with Crippen LogP contribution in [0.3, 0.4) is 0 Å². The Kier molecular flexibility index (Phi) is 14.6. The first-order valence-corrected chi connectivity index (χ1v) is 17.1. The average molecular weight is 637 g/mol. The fraction of sp³-hybridized carbons (Fsp3) is 0.643. The summed E-state index contributed by atoms with van der Waals surface area (Å²) in [4.78, 5) is 0. The first-order chi connectivity index (χ1) is 18.5. The minimum Gasteiger partial charge on any atom is -0.143 e. The zero-order valence-electron chi connectivity index (χ0n) is 22.4. The fourth-order valence-electron chi connectivity index (χ4n) is 4.39. The second kappa shape index (κ2) is 17.3. The van der Waals surface area contributed by atoms with Gasteiger partial charge in [0.05, 0.1) is 31.2 Å². The van der Waals surface area contributed by atoms with Gasteiger partial charge in [0, 0.05) is 12.8 Å². The lowest BCUT2D eigenvalue weighted by molar-refractivity contribution is 0.588.